The van der Waals surface area contributed by atoms with Crippen LogP contribution in [-0.2, 0) is 7.05 Å². The summed E-state index contributed by atoms with van der Waals surface area (Å²) in [7, 11) is 3.52. The lowest BCUT2D eigenvalue weighted by Gasteiger charge is -2.05. The molecule has 0 bridgehead atoms. The van der Waals surface area contributed by atoms with Crippen molar-refractivity contribution in [1.29, 1.82) is 0 Å². The Morgan fingerprint density at radius 2 is 2.10 bits per heavy atom. The summed E-state index contributed by atoms with van der Waals surface area (Å²) in [6, 6.07) is 11.9. The molecule has 0 atom stereocenters. The summed E-state index contributed by atoms with van der Waals surface area (Å²) in [6.07, 6.45) is 0. The number of anilines is 1. The van der Waals surface area contributed by atoms with Crippen LogP contribution in [-0.4, -0.2) is 16.9 Å². The molecular formula is C15H15N3OS. The van der Waals surface area contributed by atoms with Crippen LogP contribution in [0.5, 0.6) is 5.75 Å². The molecule has 3 aromatic rings. The Bertz CT molecular complexity index is 732. The van der Waals surface area contributed by atoms with Gasteiger partial charge in [-0.2, -0.15) is 5.10 Å². The summed E-state index contributed by atoms with van der Waals surface area (Å²) in [5.41, 5.74) is 9.07. The number of ether oxygens (including phenoxy) is 1. The maximum atomic E-state index is 6.20. The second-order valence-corrected chi connectivity index (χ2v) is 5.39. The second kappa shape index (κ2) is 5.02. The standard InChI is InChI=1S/C15H15N3OS/c1-18-15(16)13(10-5-3-6-11(9-10)19-2)14(17-18)12-7-4-8-20-12/h3-9H,16H2,1-2H3. The molecule has 0 spiro atoms. The first-order valence-corrected chi connectivity index (χ1v) is 7.09. The smallest absolute Gasteiger partial charge is 0.129 e. The quantitative estimate of drug-likeness (QED) is 0.802. The van der Waals surface area contributed by atoms with Crippen LogP contribution in [0.2, 0.25) is 0 Å². The third-order valence-corrected chi connectivity index (χ3v) is 4.08. The Balaban J connectivity index is 2.22. The zero-order valence-corrected chi connectivity index (χ0v) is 12.1. The molecule has 4 nitrogen and oxygen atoms in total. The highest BCUT2D eigenvalue weighted by atomic mass is 32.1. The Hall–Kier alpha value is -2.27. The van der Waals surface area contributed by atoms with E-state index in [2.05, 4.69) is 11.2 Å². The third-order valence-electron chi connectivity index (χ3n) is 3.20. The number of benzene rings is 1. The maximum Gasteiger partial charge on any atom is 0.129 e. The van der Waals surface area contributed by atoms with Gasteiger partial charge in [0, 0.05) is 7.05 Å². The van der Waals surface area contributed by atoms with Crippen LogP contribution >= 0.6 is 11.3 Å². The van der Waals surface area contributed by atoms with Crippen LogP contribution in [0, 0.1) is 0 Å². The maximum absolute atomic E-state index is 6.20. The van der Waals surface area contributed by atoms with Gasteiger partial charge in [0.15, 0.2) is 0 Å². The van der Waals surface area contributed by atoms with Gasteiger partial charge in [0.1, 0.15) is 17.3 Å². The number of thiophene rings is 1. The molecule has 2 heterocycles. The largest absolute Gasteiger partial charge is 0.497 e. The summed E-state index contributed by atoms with van der Waals surface area (Å²) in [6.45, 7) is 0. The summed E-state index contributed by atoms with van der Waals surface area (Å²) in [5, 5.41) is 6.58. The Kier molecular flexibility index (Phi) is 3.20. The molecule has 2 N–H and O–H groups in total. The summed E-state index contributed by atoms with van der Waals surface area (Å²) < 4.78 is 7.00. The minimum atomic E-state index is 0.654. The minimum absolute atomic E-state index is 0.654. The normalized spacial score (nSPS) is 10.7. The topological polar surface area (TPSA) is 53.1 Å². The van der Waals surface area contributed by atoms with E-state index in [0.29, 0.717) is 5.82 Å². The van der Waals surface area contributed by atoms with Gasteiger partial charge in [0.05, 0.1) is 17.6 Å². The van der Waals surface area contributed by atoms with Gasteiger partial charge in [-0.15, -0.1) is 11.3 Å². The van der Waals surface area contributed by atoms with Crippen molar-refractivity contribution in [1.82, 2.24) is 9.78 Å². The molecule has 0 fully saturated rings. The van der Waals surface area contributed by atoms with E-state index in [4.69, 9.17) is 10.5 Å². The van der Waals surface area contributed by atoms with Crippen molar-refractivity contribution in [3.05, 3.63) is 41.8 Å². The predicted octanol–water partition coefficient (Wildman–Crippen LogP) is 3.41. The molecule has 5 heteroatoms. The van der Waals surface area contributed by atoms with Crippen molar-refractivity contribution >= 4 is 17.2 Å². The molecule has 1 aromatic carbocycles. The van der Waals surface area contributed by atoms with E-state index in [1.807, 2.05) is 42.8 Å². The summed E-state index contributed by atoms with van der Waals surface area (Å²) >= 11 is 1.65. The average Bonchev–Trinajstić information content (AvgIpc) is 3.08. The molecule has 20 heavy (non-hydrogen) atoms. The average molecular weight is 285 g/mol. The second-order valence-electron chi connectivity index (χ2n) is 4.44. The van der Waals surface area contributed by atoms with Crippen molar-refractivity contribution in [2.24, 2.45) is 7.05 Å². The summed E-state index contributed by atoms with van der Waals surface area (Å²) in [5.74, 6) is 1.46. The van der Waals surface area contributed by atoms with Gasteiger partial charge < -0.3 is 10.5 Å². The Labute approximate surface area is 121 Å². The first-order valence-electron chi connectivity index (χ1n) is 6.21. The molecule has 0 aliphatic rings. The van der Waals surface area contributed by atoms with Gasteiger partial charge in [0.2, 0.25) is 0 Å². The SMILES string of the molecule is COc1cccc(-c2c(-c3cccs3)nn(C)c2N)c1. The van der Waals surface area contributed by atoms with E-state index in [1.54, 1.807) is 23.1 Å². The molecule has 0 aliphatic heterocycles. The lowest BCUT2D eigenvalue weighted by Crippen LogP contribution is -1.98. The van der Waals surface area contributed by atoms with E-state index in [-0.39, 0.29) is 0 Å². The first-order chi connectivity index (χ1) is 9.70. The van der Waals surface area contributed by atoms with E-state index in [9.17, 15) is 0 Å². The van der Waals surface area contributed by atoms with Gasteiger partial charge >= 0.3 is 0 Å². The molecule has 3 rings (SSSR count). The Morgan fingerprint density at radius 1 is 1.25 bits per heavy atom. The molecule has 0 saturated carbocycles. The number of nitrogen functional groups attached to an aromatic ring is 1. The van der Waals surface area contributed by atoms with Gasteiger partial charge in [-0.3, -0.25) is 4.68 Å². The van der Waals surface area contributed by atoms with E-state index < -0.39 is 0 Å². The fraction of sp³-hybridized carbons (Fsp3) is 0.133. The molecule has 0 radical (unpaired) electrons. The predicted molar refractivity (Wildman–Crippen MR) is 82.9 cm³/mol. The van der Waals surface area contributed by atoms with Crippen molar-refractivity contribution in [2.75, 3.05) is 12.8 Å². The van der Waals surface area contributed by atoms with Crippen molar-refractivity contribution in [2.45, 2.75) is 0 Å². The number of hydrogen-bond donors (Lipinski definition) is 1. The molecule has 0 aliphatic carbocycles. The highest BCUT2D eigenvalue weighted by Gasteiger charge is 2.18. The van der Waals surface area contributed by atoms with Crippen LogP contribution in [0.4, 0.5) is 5.82 Å². The number of nitrogens with two attached hydrogens (primary N) is 1. The number of hydrogen-bond acceptors (Lipinski definition) is 4. The van der Waals surface area contributed by atoms with Crippen LogP contribution in [0.25, 0.3) is 21.7 Å². The minimum Gasteiger partial charge on any atom is -0.497 e. The van der Waals surface area contributed by atoms with Gasteiger partial charge in [0.25, 0.3) is 0 Å². The zero-order chi connectivity index (χ0) is 14.1. The molecular weight excluding hydrogens is 270 g/mol. The lowest BCUT2D eigenvalue weighted by molar-refractivity contribution is 0.415. The highest BCUT2D eigenvalue weighted by molar-refractivity contribution is 7.13. The molecule has 0 saturated heterocycles. The van der Waals surface area contributed by atoms with Gasteiger partial charge in [-0.1, -0.05) is 18.2 Å². The molecule has 2 aromatic heterocycles. The lowest BCUT2D eigenvalue weighted by atomic mass is 10.0. The van der Waals surface area contributed by atoms with Crippen LogP contribution in [0.1, 0.15) is 0 Å². The number of rotatable bonds is 3. The van der Waals surface area contributed by atoms with Crippen molar-refractivity contribution in [3.63, 3.8) is 0 Å². The number of methoxy groups -OCH3 is 1. The van der Waals surface area contributed by atoms with Gasteiger partial charge in [-0.05, 0) is 29.1 Å². The van der Waals surface area contributed by atoms with Crippen molar-refractivity contribution in [3.8, 4) is 27.4 Å². The fourth-order valence-electron chi connectivity index (χ4n) is 2.19. The molecule has 0 amide bonds. The van der Waals surface area contributed by atoms with Gasteiger partial charge in [-0.25, -0.2) is 0 Å². The summed E-state index contributed by atoms with van der Waals surface area (Å²) in [4.78, 5) is 1.11. The highest BCUT2D eigenvalue weighted by Crippen LogP contribution is 2.38. The van der Waals surface area contributed by atoms with Crippen molar-refractivity contribution < 1.29 is 4.74 Å². The number of aryl methyl sites for hydroxylation is 1. The Morgan fingerprint density at radius 3 is 2.80 bits per heavy atom. The van der Waals surface area contributed by atoms with E-state index in [1.165, 1.54) is 0 Å². The van der Waals surface area contributed by atoms with Crippen LogP contribution in [0.3, 0.4) is 0 Å². The number of nitrogens with zero attached hydrogens (tertiary/aromatic N) is 2. The third kappa shape index (κ3) is 2.06. The molecule has 102 valence electrons. The van der Waals surface area contributed by atoms with Crippen LogP contribution < -0.4 is 10.5 Å². The van der Waals surface area contributed by atoms with Crippen LogP contribution in [0.15, 0.2) is 41.8 Å². The number of aromatic nitrogens is 2. The first kappa shape index (κ1) is 12.7. The monoisotopic (exact) mass is 285 g/mol. The fourth-order valence-corrected chi connectivity index (χ4v) is 2.90. The van der Waals surface area contributed by atoms with E-state index in [0.717, 1.165) is 27.4 Å². The zero-order valence-electron chi connectivity index (χ0n) is 11.3. The van der Waals surface area contributed by atoms with E-state index >= 15 is 0 Å². The molecule has 0 unspecified atom stereocenters.